The molecule has 0 aromatic heterocycles. The van der Waals surface area contributed by atoms with E-state index >= 15 is 0 Å². The number of benzene rings is 1. The quantitative estimate of drug-likeness (QED) is 0.516. The topological polar surface area (TPSA) is 124 Å². The maximum absolute atomic E-state index is 12.2. The standard InChI is InChI=1S/C10H4F3N5O3/c11-10(12,13)21-9-2-1-7(18(19)20)3-8(9)17-16-6(4-14)5-15/h1-3,17H. The molecule has 0 atom stereocenters. The van der Waals surface area contributed by atoms with Gasteiger partial charge in [-0.15, -0.1) is 13.2 Å². The third-order valence-corrected chi connectivity index (χ3v) is 1.90. The Kier molecular flexibility index (Phi) is 4.64. The fraction of sp³-hybridized carbons (Fsp3) is 0.100. The van der Waals surface area contributed by atoms with E-state index in [2.05, 4.69) is 9.84 Å². The Morgan fingerprint density at radius 3 is 2.48 bits per heavy atom. The molecule has 0 saturated carbocycles. The van der Waals surface area contributed by atoms with Crippen molar-refractivity contribution in [1.29, 1.82) is 10.5 Å². The molecule has 0 amide bonds. The fourth-order valence-electron chi connectivity index (χ4n) is 1.12. The van der Waals surface area contributed by atoms with Gasteiger partial charge in [-0.2, -0.15) is 15.6 Å². The number of hydrazone groups is 1. The van der Waals surface area contributed by atoms with Crippen molar-refractivity contribution in [2.45, 2.75) is 6.36 Å². The van der Waals surface area contributed by atoms with Crippen LogP contribution in [0.3, 0.4) is 0 Å². The summed E-state index contributed by atoms with van der Waals surface area (Å²) in [5.41, 5.74) is 0.212. The second kappa shape index (κ2) is 6.21. The first-order valence-electron chi connectivity index (χ1n) is 4.95. The highest BCUT2D eigenvalue weighted by molar-refractivity contribution is 6.10. The predicted molar refractivity (Wildman–Crippen MR) is 62.1 cm³/mol. The number of hydrogen-bond donors (Lipinski definition) is 1. The molecule has 1 rings (SSSR count). The highest BCUT2D eigenvalue weighted by atomic mass is 19.4. The molecule has 1 N–H and O–H groups in total. The molecular formula is C10H4F3N5O3. The lowest BCUT2D eigenvalue weighted by Crippen LogP contribution is -2.18. The number of alkyl halides is 3. The van der Waals surface area contributed by atoms with Gasteiger partial charge >= 0.3 is 6.36 Å². The molecule has 0 bridgehead atoms. The highest BCUT2D eigenvalue weighted by Gasteiger charge is 2.32. The smallest absolute Gasteiger partial charge is 0.403 e. The molecule has 1 aromatic rings. The largest absolute Gasteiger partial charge is 0.573 e. The van der Waals surface area contributed by atoms with Crippen LogP contribution in [0.4, 0.5) is 24.5 Å². The number of rotatable bonds is 4. The van der Waals surface area contributed by atoms with Crippen molar-refractivity contribution in [2.24, 2.45) is 5.10 Å². The van der Waals surface area contributed by atoms with Gasteiger partial charge in [-0.3, -0.25) is 15.5 Å². The second-order valence-electron chi connectivity index (χ2n) is 3.28. The Morgan fingerprint density at radius 2 is 2.00 bits per heavy atom. The van der Waals surface area contributed by atoms with Crippen molar-refractivity contribution in [3.8, 4) is 17.9 Å². The van der Waals surface area contributed by atoms with Gasteiger partial charge < -0.3 is 4.74 Å². The molecule has 108 valence electrons. The van der Waals surface area contributed by atoms with Gasteiger partial charge in [0.15, 0.2) is 5.75 Å². The van der Waals surface area contributed by atoms with E-state index in [-0.39, 0.29) is 0 Å². The number of anilines is 1. The molecule has 0 spiro atoms. The lowest BCUT2D eigenvalue weighted by Gasteiger charge is -2.12. The van der Waals surface area contributed by atoms with E-state index in [1.807, 2.05) is 5.43 Å². The first-order valence-corrected chi connectivity index (χ1v) is 4.95. The SMILES string of the molecule is N#CC(C#N)=NNc1cc([N+](=O)[O-])ccc1OC(F)(F)F. The number of ether oxygens (including phenoxy) is 1. The highest BCUT2D eigenvalue weighted by Crippen LogP contribution is 2.33. The summed E-state index contributed by atoms with van der Waals surface area (Å²) in [6.07, 6.45) is -5.02. The zero-order chi connectivity index (χ0) is 16.0. The van der Waals surface area contributed by atoms with Crippen molar-refractivity contribution in [3.05, 3.63) is 28.3 Å². The van der Waals surface area contributed by atoms with E-state index in [4.69, 9.17) is 10.5 Å². The molecule has 1 aromatic carbocycles. The Balaban J connectivity index is 3.21. The van der Waals surface area contributed by atoms with Crippen molar-refractivity contribution >= 4 is 17.1 Å². The van der Waals surface area contributed by atoms with Gasteiger partial charge in [0.2, 0.25) is 5.71 Å². The van der Waals surface area contributed by atoms with Crippen LogP contribution in [0.1, 0.15) is 0 Å². The average molecular weight is 299 g/mol. The normalized spacial score (nSPS) is 9.95. The van der Waals surface area contributed by atoms with E-state index < -0.39 is 34.1 Å². The van der Waals surface area contributed by atoms with Crippen LogP contribution in [0, 0.1) is 32.8 Å². The minimum Gasteiger partial charge on any atom is -0.403 e. The van der Waals surface area contributed by atoms with Crippen LogP contribution < -0.4 is 10.2 Å². The predicted octanol–water partition coefficient (Wildman–Crippen LogP) is 2.31. The molecule has 21 heavy (non-hydrogen) atoms. The lowest BCUT2D eigenvalue weighted by atomic mass is 10.2. The summed E-state index contributed by atoms with van der Waals surface area (Å²) in [6, 6.07) is 4.94. The van der Waals surface area contributed by atoms with Crippen molar-refractivity contribution in [3.63, 3.8) is 0 Å². The van der Waals surface area contributed by atoms with Gasteiger partial charge in [-0.25, -0.2) is 0 Å². The minimum absolute atomic E-state index is 0.524. The number of nitriles is 2. The summed E-state index contributed by atoms with van der Waals surface area (Å²) in [7, 11) is 0. The van der Waals surface area contributed by atoms with Crippen LogP contribution in [-0.4, -0.2) is 17.0 Å². The third-order valence-electron chi connectivity index (χ3n) is 1.90. The first-order chi connectivity index (χ1) is 9.76. The minimum atomic E-state index is -5.02. The maximum Gasteiger partial charge on any atom is 0.573 e. The van der Waals surface area contributed by atoms with Crippen LogP contribution in [0.25, 0.3) is 0 Å². The van der Waals surface area contributed by atoms with Crippen molar-refractivity contribution in [1.82, 2.24) is 0 Å². The number of non-ortho nitro benzene ring substituents is 1. The van der Waals surface area contributed by atoms with E-state index in [0.717, 1.165) is 12.1 Å². The number of nitro benzene ring substituents is 1. The summed E-state index contributed by atoms with van der Waals surface area (Å²) in [6.45, 7) is 0. The number of halogens is 3. The van der Waals surface area contributed by atoms with Gasteiger partial charge in [0.1, 0.15) is 17.8 Å². The van der Waals surface area contributed by atoms with Crippen LogP contribution >= 0.6 is 0 Å². The molecule has 0 saturated heterocycles. The fourth-order valence-corrected chi connectivity index (χ4v) is 1.12. The van der Waals surface area contributed by atoms with E-state index in [9.17, 15) is 23.3 Å². The number of nitrogens with zero attached hydrogens (tertiary/aromatic N) is 4. The van der Waals surface area contributed by atoms with Crippen molar-refractivity contribution in [2.75, 3.05) is 5.43 Å². The van der Waals surface area contributed by atoms with E-state index in [1.165, 1.54) is 12.1 Å². The van der Waals surface area contributed by atoms with E-state index in [1.54, 1.807) is 0 Å². The Labute approximate surface area is 114 Å². The van der Waals surface area contributed by atoms with Crippen LogP contribution in [0.15, 0.2) is 23.3 Å². The molecule has 0 fully saturated rings. The molecule has 0 aliphatic rings. The second-order valence-corrected chi connectivity index (χ2v) is 3.28. The first kappa shape index (κ1) is 15.7. The molecule has 0 heterocycles. The molecule has 8 nitrogen and oxygen atoms in total. The Hall–Kier alpha value is -3.34. The zero-order valence-electron chi connectivity index (χ0n) is 9.88. The van der Waals surface area contributed by atoms with Crippen LogP contribution in [0.2, 0.25) is 0 Å². The summed E-state index contributed by atoms with van der Waals surface area (Å²) in [5.74, 6) is -0.799. The number of hydrogen-bond acceptors (Lipinski definition) is 7. The lowest BCUT2D eigenvalue weighted by molar-refractivity contribution is -0.384. The molecule has 0 aliphatic heterocycles. The molecule has 0 unspecified atom stereocenters. The summed E-state index contributed by atoms with van der Waals surface area (Å²) in [5, 5.41) is 30.7. The third kappa shape index (κ3) is 4.68. The van der Waals surface area contributed by atoms with Crippen molar-refractivity contribution < 1.29 is 22.8 Å². The Morgan fingerprint density at radius 1 is 1.38 bits per heavy atom. The molecule has 0 aliphatic carbocycles. The molecule has 11 heteroatoms. The summed E-state index contributed by atoms with van der Waals surface area (Å²) >= 11 is 0. The van der Waals surface area contributed by atoms with Crippen LogP contribution in [0.5, 0.6) is 5.75 Å². The van der Waals surface area contributed by atoms with Gasteiger partial charge in [0.05, 0.1) is 4.92 Å². The van der Waals surface area contributed by atoms with Gasteiger partial charge in [0, 0.05) is 12.1 Å². The van der Waals surface area contributed by atoms with E-state index in [0.29, 0.717) is 6.07 Å². The number of nitrogens with one attached hydrogen (secondary N) is 1. The van der Waals surface area contributed by atoms with Gasteiger partial charge in [0.25, 0.3) is 5.69 Å². The average Bonchev–Trinajstić information content (AvgIpc) is 2.39. The monoisotopic (exact) mass is 299 g/mol. The summed E-state index contributed by atoms with van der Waals surface area (Å²) in [4.78, 5) is 9.73. The zero-order valence-corrected chi connectivity index (χ0v) is 9.88. The van der Waals surface area contributed by atoms with Gasteiger partial charge in [-0.1, -0.05) is 0 Å². The maximum atomic E-state index is 12.2. The summed E-state index contributed by atoms with van der Waals surface area (Å²) < 4.78 is 40.2. The number of nitro groups is 1. The Bertz CT molecular complexity index is 656. The molecular weight excluding hydrogens is 295 g/mol. The van der Waals surface area contributed by atoms with Gasteiger partial charge in [-0.05, 0) is 6.07 Å². The molecule has 0 radical (unpaired) electrons. The van der Waals surface area contributed by atoms with Crippen LogP contribution in [-0.2, 0) is 0 Å².